The van der Waals surface area contributed by atoms with Gasteiger partial charge in [-0.05, 0) is 25.1 Å². The number of hydrogen-bond donors (Lipinski definition) is 1. The number of ether oxygens (including phenoxy) is 1. The fourth-order valence-corrected chi connectivity index (χ4v) is 1.31. The summed E-state index contributed by atoms with van der Waals surface area (Å²) in [6, 6.07) is 4.88. The van der Waals surface area contributed by atoms with Gasteiger partial charge in [0.1, 0.15) is 19.0 Å². The fraction of sp³-hybridized carbons (Fsp3) is 0.400. The van der Waals surface area contributed by atoms with Crippen LogP contribution in [0.3, 0.4) is 0 Å². The highest BCUT2D eigenvalue weighted by Crippen LogP contribution is 2.28. The van der Waals surface area contributed by atoms with E-state index < -0.39 is 12.8 Å². The van der Waals surface area contributed by atoms with Crippen molar-refractivity contribution in [2.24, 2.45) is 0 Å². The van der Waals surface area contributed by atoms with Gasteiger partial charge in [0, 0.05) is 10.6 Å². The first-order valence-electron chi connectivity index (χ1n) is 4.31. The Morgan fingerprint density at radius 3 is 2.86 bits per heavy atom. The van der Waals surface area contributed by atoms with Gasteiger partial charge in [-0.25, -0.2) is 4.39 Å². The quantitative estimate of drug-likeness (QED) is 0.842. The molecule has 2 nitrogen and oxygen atoms in total. The van der Waals surface area contributed by atoms with E-state index in [1.54, 1.807) is 25.1 Å². The molecule has 0 saturated heterocycles. The highest BCUT2D eigenvalue weighted by molar-refractivity contribution is 6.30. The van der Waals surface area contributed by atoms with Crippen LogP contribution >= 0.6 is 11.6 Å². The summed E-state index contributed by atoms with van der Waals surface area (Å²) < 4.78 is 17.0. The molecule has 0 spiro atoms. The van der Waals surface area contributed by atoms with E-state index in [-0.39, 0.29) is 6.61 Å². The Bertz CT molecular complexity index is 302. The molecule has 0 fully saturated rings. The molecular weight excluding hydrogens is 207 g/mol. The Morgan fingerprint density at radius 1 is 1.57 bits per heavy atom. The van der Waals surface area contributed by atoms with Crippen LogP contribution < -0.4 is 4.74 Å². The molecule has 0 saturated carbocycles. The lowest BCUT2D eigenvalue weighted by Crippen LogP contribution is -2.03. The second kappa shape index (κ2) is 5.17. The van der Waals surface area contributed by atoms with Crippen molar-refractivity contribution in [3.8, 4) is 5.75 Å². The van der Waals surface area contributed by atoms with Gasteiger partial charge in [-0.2, -0.15) is 0 Å². The highest BCUT2D eigenvalue weighted by atomic mass is 35.5. The van der Waals surface area contributed by atoms with Crippen molar-refractivity contribution in [1.82, 2.24) is 0 Å². The Kier molecular flexibility index (Phi) is 4.17. The number of rotatable bonds is 4. The van der Waals surface area contributed by atoms with Crippen LogP contribution in [0.5, 0.6) is 5.75 Å². The SMILES string of the molecule is CC(O)c1cc(Cl)ccc1OCCF. The largest absolute Gasteiger partial charge is 0.490 e. The van der Waals surface area contributed by atoms with Gasteiger partial charge in [-0.3, -0.25) is 0 Å². The predicted octanol–water partition coefficient (Wildman–Crippen LogP) is 2.74. The van der Waals surface area contributed by atoms with Gasteiger partial charge < -0.3 is 9.84 Å². The zero-order chi connectivity index (χ0) is 10.6. The molecule has 78 valence electrons. The van der Waals surface area contributed by atoms with E-state index in [1.807, 2.05) is 0 Å². The number of hydrogen-bond acceptors (Lipinski definition) is 2. The minimum absolute atomic E-state index is 0.0125. The van der Waals surface area contributed by atoms with E-state index in [4.69, 9.17) is 16.3 Å². The predicted molar refractivity (Wildman–Crippen MR) is 53.6 cm³/mol. The van der Waals surface area contributed by atoms with Crippen LogP contribution in [0.25, 0.3) is 0 Å². The molecule has 0 aliphatic heterocycles. The third-order valence-electron chi connectivity index (χ3n) is 1.76. The minimum Gasteiger partial charge on any atom is -0.490 e. The summed E-state index contributed by atoms with van der Waals surface area (Å²) in [6.45, 7) is 1.04. The van der Waals surface area contributed by atoms with Gasteiger partial charge >= 0.3 is 0 Å². The fourth-order valence-electron chi connectivity index (χ4n) is 1.13. The Hall–Kier alpha value is -0.800. The summed E-state index contributed by atoms with van der Waals surface area (Å²) in [5, 5.41) is 9.92. The van der Waals surface area contributed by atoms with E-state index >= 15 is 0 Å². The topological polar surface area (TPSA) is 29.5 Å². The molecule has 1 N–H and O–H groups in total. The van der Waals surface area contributed by atoms with Crippen molar-refractivity contribution in [1.29, 1.82) is 0 Å². The smallest absolute Gasteiger partial charge is 0.125 e. The highest BCUT2D eigenvalue weighted by Gasteiger charge is 2.09. The average molecular weight is 219 g/mol. The van der Waals surface area contributed by atoms with E-state index in [9.17, 15) is 9.50 Å². The number of halogens is 2. The van der Waals surface area contributed by atoms with Crippen molar-refractivity contribution in [2.75, 3.05) is 13.3 Å². The van der Waals surface area contributed by atoms with Crippen molar-refractivity contribution in [3.05, 3.63) is 28.8 Å². The van der Waals surface area contributed by atoms with E-state index in [1.165, 1.54) is 0 Å². The summed E-state index contributed by atoms with van der Waals surface area (Å²) in [7, 11) is 0. The normalized spacial score (nSPS) is 12.6. The van der Waals surface area contributed by atoms with Crippen LogP contribution in [0.15, 0.2) is 18.2 Å². The van der Waals surface area contributed by atoms with Crippen LogP contribution in [0.2, 0.25) is 5.02 Å². The maximum Gasteiger partial charge on any atom is 0.125 e. The number of alkyl halides is 1. The molecule has 0 radical (unpaired) electrons. The van der Waals surface area contributed by atoms with Crippen molar-refractivity contribution in [3.63, 3.8) is 0 Å². The molecule has 14 heavy (non-hydrogen) atoms. The first-order chi connectivity index (χ1) is 6.65. The van der Waals surface area contributed by atoms with Gasteiger partial charge in [-0.1, -0.05) is 11.6 Å². The maximum atomic E-state index is 11.9. The molecule has 0 amide bonds. The number of aliphatic hydroxyl groups is 1. The molecule has 0 aromatic heterocycles. The molecule has 0 aliphatic rings. The van der Waals surface area contributed by atoms with Crippen molar-refractivity contribution in [2.45, 2.75) is 13.0 Å². The summed E-state index contributed by atoms with van der Waals surface area (Å²) in [4.78, 5) is 0. The molecule has 0 aliphatic carbocycles. The second-order valence-corrected chi connectivity index (χ2v) is 3.33. The molecule has 1 rings (SSSR count). The summed E-state index contributed by atoms with van der Waals surface area (Å²) >= 11 is 5.75. The van der Waals surface area contributed by atoms with Gasteiger partial charge in [0.05, 0.1) is 6.10 Å². The van der Waals surface area contributed by atoms with Gasteiger partial charge in [0.25, 0.3) is 0 Å². The average Bonchev–Trinajstić information content (AvgIpc) is 2.15. The Morgan fingerprint density at radius 2 is 2.29 bits per heavy atom. The van der Waals surface area contributed by atoms with Crippen LogP contribution in [-0.2, 0) is 0 Å². The van der Waals surface area contributed by atoms with Crippen LogP contribution in [0.1, 0.15) is 18.6 Å². The summed E-state index contributed by atoms with van der Waals surface area (Å²) in [5.74, 6) is 0.474. The van der Waals surface area contributed by atoms with E-state index in [0.717, 1.165) is 0 Å². The first kappa shape index (κ1) is 11.3. The summed E-state index contributed by atoms with van der Waals surface area (Å²) in [6.07, 6.45) is -0.677. The monoisotopic (exact) mass is 218 g/mol. The van der Waals surface area contributed by atoms with E-state index in [0.29, 0.717) is 16.3 Å². The molecular formula is C10H12ClFO2. The molecule has 4 heteroatoms. The Balaban J connectivity index is 2.90. The second-order valence-electron chi connectivity index (χ2n) is 2.90. The lowest BCUT2D eigenvalue weighted by molar-refractivity contribution is 0.189. The van der Waals surface area contributed by atoms with Crippen LogP contribution in [-0.4, -0.2) is 18.4 Å². The molecule has 1 aromatic carbocycles. The van der Waals surface area contributed by atoms with Gasteiger partial charge in [0.15, 0.2) is 0 Å². The lowest BCUT2D eigenvalue weighted by Gasteiger charge is -2.12. The molecule has 1 unspecified atom stereocenters. The van der Waals surface area contributed by atoms with Crippen LogP contribution in [0.4, 0.5) is 4.39 Å². The van der Waals surface area contributed by atoms with Crippen molar-refractivity contribution >= 4 is 11.6 Å². The minimum atomic E-state index is -0.677. The molecule has 0 bridgehead atoms. The first-order valence-corrected chi connectivity index (χ1v) is 4.69. The van der Waals surface area contributed by atoms with Crippen molar-refractivity contribution < 1.29 is 14.2 Å². The van der Waals surface area contributed by atoms with Gasteiger partial charge in [0.2, 0.25) is 0 Å². The zero-order valence-corrected chi connectivity index (χ0v) is 8.59. The molecule has 1 aromatic rings. The van der Waals surface area contributed by atoms with Crippen LogP contribution in [0, 0.1) is 0 Å². The zero-order valence-electron chi connectivity index (χ0n) is 7.84. The molecule has 1 atom stereocenters. The third kappa shape index (κ3) is 2.86. The lowest BCUT2D eigenvalue weighted by atomic mass is 10.1. The van der Waals surface area contributed by atoms with E-state index in [2.05, 4.69) is 0 Å². The molecule has 0 heterocycles. The number of aliphatic hydroxyl groups excluding tert-OH is 1. The maximum absolute atomic E-state index is 11.9. The summed E-state index contributed by atoms with van der Waals surface area (Å²) in [5.41, 5.74) is 0.575. The third-order valence-corrected chi connectivity index (χ3v) is 1.99. The number of benzene rings is 1. The standard InChI is InChI=1S/C10H12ClFO2/c1-7(13)9-6-8(11)2-3-10(9)14-5-4-12/h2-3,6-7,13H,4-5H2,1H3. The van der Waals surface area contributed by atoms with Gasteiger partial charge in [-0.15, -0.1) is 0 Å². The Labute approximate surface area is 87.3 Å².